The summed E-state index contributed by atoms with van der Waals surface area (Å²) in [5.41, 5.74) is 1.77. The largest absolute Gasteiger partial charge is 0.482 e. The Hall–Kier alpha value is -3.93. The monoisotopic (exact) mass is 404 g/mol. The van der Waals surface area contributed by atoms with Gasteiger partial charge in [-0.1, -0.05) is 42.5 Å². The molecule has 0 bridgehead atoms. The molecule has 5 nitrogen and oxygen atoms in total. The van der Waals surface area contributed by atoms with Crippen molar-refractivity contribution in [1.82, 2.24) is 0 Å². The molecule has 0 fully saturated rings. The van der Waals surface area contributed by atoms with Crippen LogP contribution >= 0.6 is 0 Å². The number of Topliss-reactive ketones (excluding diaryl/α,β-unsaturated/α-hetero) is 1. The zero-order valence-electron chi connectivity index (χ0n) is 15.8. The molecule has 0 saturated carbocycles. The number of fused-ring (bicyclic) bond motifs is 1. The Balaban J connectivity index is 1.37. The van der Waals surface area contributed by atoms with Gasteiger partial charge in [0.1, 0.15) is 23.9 Å². The fraction of sp³-hybridized carbons (Fsp3) is 0.0833. The minimum atomic E-state index is -0.511. The smallest absolute Gasteiger partial charge is 0.344 e. The van der Waals surface area contributed by atoms with Gasteiger partial charge in [0.05, 0.1) is 5.56 Å². The summed E-state index contributed by atoms with van der Waals surface area (Å²) in [5, 5.41) is 0. The summed E-state index contributed by atoms with van der Waals surface area (Å²) in [6.07, 6.45) is 1.48. The van der Waals surface area contributed by atoms with E-state index in [1.807, 2.05) is 30.3 Å². The molecular weight excluding hydrogens is 387 g/mol. The number of allylic oxidation sites excluding steroid dienone is 1. The van der Waals surface area contributed by atoms with Crippen LogP contribution in [0.25, 0.3) is 6.08 Å². The molecule has 0 radical (unpaired) electrons. The lowest BCUT2D eigenvalue weighted by atomic mass is 10.1. The lowest BCUT2D eigenvalue weighted by molar-refractivity contribution is -0.147. The number of hydrogen-bond acceptors (Lipinski definition) is 5. The first-order chi connectivity index (χ1) is 14.6. The van der Waals surface area contributed by atoms with E-state index in [9.17, 15) is 14.0 Å². The quantitative estimate of drug-likeness (QED) is 0.445. The van der Waals surface area contributed by atoms with E-state index in [1.54, 1.807) is 24.3 Å². The Morgan fingerprint density at radius 1 is 1.00 bits per heavy atom. The van der Waals surface area contributed by atoms with E-state index in [0.29, 0.717) is 22.6 Å². The first kappa shape index (κ1) is 19.4. The van der Waals surface area contributed by atoms with Crippen LogP contribution in [0.5, 0.6) is 11.5 Å². The second kappa shape index (κ2) is 8.61. The third-order valence-electron chi connectivity index (χ3n) is 4.39. The number of rotatable bonds is 6. The first-order valence-electron chi connectivity index (χ1n) is 9.25. The molecule has 1 aliphatic heterocycles. The predicted octanol–water partition coefficient (Wildman–Crippen LogP) is 4.56. The fourth-order valence-corrected chi connectivity index (χ4v) is 2.93. The van der Waals surface area contributed by atoms with Crippen molar-refractivity contribution in [3.8, 4) is 11.5 Å². The van der Waals surface area contributed by atoms with Crippen molar-refractivity contribution in [3.63, 3.8) is 0 Å². The Morgan fingerprint density at radius 2 is 1.83 bits per heavy atom. The number of hydrogen-bond donors (Lipinski definition) is 0. The molecule has 0 aromatic heterocycles. The number of ether oxygens (including phenoxy) is 3. The first-order valence-corrected chi connectivity index (χ1v) is 9.25. The van der Waals surface area contributed by atoms with Crippen LogP contribution in [0.1, 0.15) is 21.5 Å². The van der Waals surface area contributed by atoms with Gasteiger partial charge < -0.3 is 14.2 Å². The van der Waals surface area contributed by atoms with Crippen LogP contribution in [0.15, 0.2) is 78.6 Å². The summed E-state index contributed by atoms with van der Waals surface area (Å²) in [5.74, 6) is -0.439. The van der Waals surface area contributed by atoms with Gasteiger partial charge in [-0.05, 0) is 41.5 Å². The van der Waals surface area contributed by atoms with Crippen molar-refractivity contribution in [1.29, 1.82) is 0 Å². The predicted molar refractivity (Wildman–Crippen MR) is 108 cm³/mol. The average Bonchev–Trinajstić information content (AvgIpc) is 3.06. The molecule has 0 aliphatic carbocycles. The molecular formula is C24H17FO5. The molecule has 0 amide bonds. The number of carbonyl (C=O) groups is 2. The van der Waals surface area contributed by atoms with Crippen molar-refractivity contribution >= 4 is 17.8 Å². The van der Waals surface area contributed by atoms with Crippen LogP contribution in [-0.4, -0.2) is 18.4 Å². The standard InChI is InChI=1S/C24H17FO5/c25-18-8-4-7-17(11-18)12-22-24(27)20-10-9-19(13-21(20)30-22)28-15-23(26)29-14-16-5-2-1-3-6-16/h1-13H,14-15H2/b22-12-. The maximum atomic E-state index is 13.3. The molecule has 0 atom stereocenters. The third kappa shape index (κ3) is 4.55. The maximum absolute atomic E-state index is 13.3. The van der Waals surface area contributed by atoms with Gasteiger partial charge in [-0.2, -0.15) is 0 Å². The number of benzene rings is 3. The number of carbonyl (C=O) groups excluding carboxylic acids is 2. The summed E-state index contributed by atoms with van der Waals surface area (Å²) < 4.78 is 29.6. The van der Waals surface area contributed by atoms with Crippen molar-refractivity contribution in [2.24, 2.45) is 0 Å². The third-order valence-corrected chi connectivity index (χ3v) is 4.39. The van der Waals surface area contributed by atoms with E-state index in [4.69, 9.17) is 14.2 Å². The SMILES string of the molecule is O=C(COc1ccc2c(c1)O/C(=C\c1cccc(F)c1)C2=O)OCc1ccccc1. The van der Waals surface area contributed by atoms with Gasteiger partial charge in [0.2, 0.25) is 5.78 Å². The average molecular weight is 404 g/mol. The van der Waals surface area contributed by atoms with Gasteiger partial charge in [0.15, 0.2) is 12.4 Å². The molecule has 0 unspecified atom stereocenters. The molecule has 30 heavy (non-hydrogen) atoms. The minimum Gasteiger partial charge on any atom is -0.482 e. The van der Waals surface area contributed by atoms with Crippen LogP contribution in [0.2, 0.25) is 0 Å². The van der Waals surface area contributed by atoms with Gasteiger partial charge in [-0.15, -0.1) is 0 Å². The Labute approximate surface area is 172 Å². The number of ketones is 1. The van der Waals surface area contributed by atoms with Crippen LogP contribution in [-0.2, 0) is 16.1 Å². The van der Waals surface area contributed by atoms with Crippen molar-refractivity contribution < 1.29 is 28.2 Å². The summed E-state index contributed by atoms with van der Waals surface area (Å²) in [4.78, 5) is 24.4. The molecule has 6 heteroatoms. The van der Waals surface area contributed by atoms with Gasteiger partial charge in [-0.25, -0.2) is 9.18 Å². The van der Waals surface area contributed by atoms with Crippen LogP contribution in [0, 0.1) is 5.82 Å². The molecule has 0 N–H and O–H groups in total. The highest BCUT2D eigenvalue weighted by Gasteiger charge is 2.27. The van der Waals surface area contributed by atoms with Crippen molar-refractivity contribution in [2.45, 2.75) is 6.61 Å². The topological polar surface area (TPSA) is 61.8 Å². The zero-order chi connectivity index (χ0) is 20.9. The molecule has 150 valence electrons. The molecule has 0 saturated heterocycles. The Bertz CT molecular complexity index is 1120. The summed E-state index contributed by atoms with van der Waals surface area (Å²) >= 11 is 0. The molecule has 0 spiro atoms. The van der Waals surface area contributed by atoms with E-state index >= 15 is 0 Å². The fourth-order valence-electron chi connectivity index (χ4n) is 2.93. The maximum Gasteiger partial charge on any atom is 0.344 e. The highest BCUT2D eigenvalue weighted by molar-refractivity contribution is 6.14. The molecule has 1 aliphatic rings. The van der Waals surface area contributed by atoms with Crippen LogP contribution < -0.4 is 9.47 Å². The van der Waals surface area contributed by atoms with E-state index in [0.717, 1.165) is 5.56 Å². The van der Waals surface area contributed by atoms with E-state index in [2.05, 4.69) is 0 Å². The molecule has 3 aromatic rings. The molecule has 4 rings (SSSR count). The normalized spacial score (nSPS) is 13.6. The van der Waals surface area contributed by atoms with Crippen molar-refractivity contribution in [3.05, 3.63) is 101 Å². The van der Waals surface area contributed by atoms with Gasteiger partial charge in [-0.3, -0.25) is 4.79 Å². The lowest BCUT2D eigenvalue weighted by Crippen LogP contribution is -2.14. The second-order valence-electron chi connectivity index (χ2n) is 6.59. The van der Waals surface area contributed by atoms with E-state index in [-0.39, 0.29) is 24.8 Å². The number of halogens is 1. The van der Waals surface area contributed by atoms with Crippen LogP contribution in [0.4, 0.5) is 4.39 Å². The lowest BCUT2D eigenvalue weighted by Gasteiger charge is -2.08. The number of esters is 1. The Morgan fingerprint density at radius 3 is 2.63 bits per heavy atom. The summed E-state index contributed by atoms with van der Waals surface area (Å²) in [6, 6.07) is 19.9. The van der Waals surface area contributed by atoms with Crippen molar-refractivity contribution in [2.75, 3.05) is 6.61 Å². The van der Waals surface area contributed by atoms with Gasteiger partial charge >= 0.3 is 5.97 Å². The highest BCUT2D eigenvalue weighted by atomic mass is 19.1. The second-order valence-corrected chi connectivity index (χ2v) is 6.59. The molecule has 1 heterocycles. The Kier molecular flexibility index (Phi) is 5.57. The van der Waals surface area contributed by atoms with E-state index in [1.165, 1.54) is 24.3 Å². The van der Waals surface area contributed by atoms with Gasteiger partial charge in [0, 0.05) is 6.07 Å². The van der Waals surface area contributed by atoms with Gasteiger partial charge in [0.25, 0.3) is 0 Å². The van der Waals surface area contributed by atoms with E-state index < -0.39 is 11.8 Å². The highest BCUT2D eigenvalue weighted by Crippen LogP contribution is 2.34. The van der Waals surface area contributed by atoms with Crippen LogP contribution in [0.3, 0.4) is 0 Å². The summed E-state index contributed by atoms with van der Waals surface area (Å²) in [7, 11) is 0. The zero-order valence-corrected chi connectivity index (χ0v) is 15.8. The summed E-state index contributed by atoms with van der Waals surface area (Å²) in [6.45, 7) is -0.107. The molecule has 3 aromatic carbocycles. The minimum absolute atomic E-state index is 0.0926.